The largest absolute Gasteiger partial charge is 0.494 e. The Labute approximate surface area is 107 Å². The molecular weight excluding hydrogens is 228 g/mol. The summed E-state index contributed by atoms with van der Waals surface area (Å²) in [4.78, 5) is 4.72. The predicted octanol–water partition coefficient (Wildman–Crippen LogP) is 2.68. The minimum absolute atomic E-state index is 0.137. The van der Waals surface area contributed by atoms with Crippen molar-refractivity contribution in [2.24, 2.45) is 0 Å². The van der Waals surface area contributed by atoms with Crippen molar-refractivity contribution in [3.05, 3.63) is 29.7 Å². The van der Waals surface area contributed by atoms with Crippen LogP contribution in [0.3, 0.4) is 0 Å². The van der Waals surface area contributed by atoms with Crippen LogP contribution in [-0.4, -0.2) is 23.1 Å². The lowest BCUT2D eigenvalue weighted by Crippen LogP contribution is -2.11. The van der Waals surface area contributed by atoms with E-state index in [0.717, 1.165) is 35.6 Å². The number of aryl methyl sites for hydroxylation is 1. The zero-order valence-electron chi connectivity index (χ0n) is 11.1. The molecule has 1 fully saturated rings. The monoisotopic (exact) mass is 246 g/mol. The molecule has 2 aromatic rings. The third-order valence-electron chi connectivity index (χ3n) is 3.67. The molecule has 0 saturated heterocycles. The number of methoxy groups -OCH3 is 1. The molecule has 0 amide bonds. The molecule has 3 rings (SSSR count). The van der Waals surface area contributed by atoms with Gasteiger partial charge in [0.25, 0.3) is 0 Å². The fraction of sp³-hybridized carbons (Fsp3) is 0.500. The average Bonchev–Trinajstić information content (AvgIpc) is 3.11. The maximum atomic E-state index is 5.62. The Bertz CT molecular complexity index is 585. The van der Waals surface area contributed by atoms with Gasteiger partial charge in [0.2, 0.25) is 0 Å². The molecule has 18 heavy (non-hydrogen) atoms. The second-order valence-electron chi connectivity index (χ2n) is 4.77. The van der Waals surface area contributed by atoms with E-state index in [1.165, 1.54) is 0 Å². The summed E-state index contributed by atoms with van der Waals surface area (Å²) in [6.45, 7) is 4.75. The van der Waals surface area contributed by atoms with E-state index in [1.807, 2.05) is 25.3 Å². The molecule has 0 N–H and O–H groups in total. The number of hydrogen-bond acceptors (Lipinski definition) is 3. The first-order chi connectivity index (χ1) is 8.70. The lowest BCUT2D eigenvalue weighted by molar-refractivity contribution is 0.0750. The second kappa shape index (κ2) is 3.99. The molecular formula is C14H18N2O2. The number of nitrogens with zero attached hydrogens (tertiary/aromatic N) is 2. The van der Waals surface area contributed by atoms with Gasteiger partial charge in [-0.25, -0.2) is 4.98 Å². The Morgan fingerprint density at radius 2 is 2.22 bits per heavy atom. The van der Waals surface area contributed by atoms with Gasteiger partial charge in [0.1, 0.15) is 17.0 Å². The zero-order valence-corrected chi connectivity index (χ0v) is 11.1. The summed E-state index contributed by atoms with van der Waals surface area (Å²) in [7, 11) is 1.77. The first-order valence-corrected chi connectivity index (χ1v) is 6.37. The Morgan fingerprint density at radius 3 is 2.83 bits per heavy atom. The van der Waals surface area contributed by atoms with E-state index in [0.29, 0.717) is 6.61 Å². The molecule has 0 spiro atoms. The minimum Gasteiger partial charge on any atom is -0.494 e. The molecule has 0 radical (unpaired) electrons. The molecule has 4 heteroatoms. The standard InChI is InChI=1S/C14H18N2O2/c1-4-18-11-5-8-16-10(2)13(15-12(16)9-11)14(17-3)6-7-14/h5,8-9H,4,6-7H2,1-3H3. The normalized spacial score (nSPS) is 17.1. The highest BCUT2D eigenvalue weighted by molar-refractivity contribution is 5.49. The summed E-state index contributed by atoms with van der Waals surface area (Å²) in [5.74, 6) is 0.865. The molecule has 1 aliphatic carbocycles. The van der Waals surface area contributed by atoms with Crippen LogP contribution < -0.4 is 4.74 Å². The van der Waals surface area contributed by atoms with Crippen LogP contribution in [0.1, 0.15) is 31.2 Å². The molecule has 4 nitrogen and oxygen atoms in total. The lowest BCUT2D eigenvalue weighted by atomic mass is 10.2. The highest BCUT2D eigenvalue weighted by atomic mass is 16.5. The molecule has 1 saturated carbocycles. The summed E-state index contributed by atoms with van der Waals surface area (Å²) >= 11 is 0. The number of pyridine rings is 1. The number of ether oxygens (including phenoxy) is 2. The molecule has 0 aliphatic heterocycles. The molecule has 2 aromatic heterocycles. The van der Waals surface area contributed by atoms with Crippen molar-refractivity contribution in [1.29, 1.82) is 0 Å². The first kappa shape index (κ1) is 11.5. The van der Waals surface area contributed by atoms with Gasteiger partial charge in [0, 0.05) is 25.1 Å². The molecule has 0 aromatic carbocycles. The summed E-state index contributed by atoms with van der Waals surface area (Å²) in [6.07, 6.45) is 4.14. The van der Waals surface area contributed by atoms with Gasteiger partial charge in [0.05, 0.1) is 12.3 Å². The summed E-state index contributed by atoms with van der Waals surface area (Å²) in [5.41, 5.74) is 3.02. The van der Waals surface area contributed by atoms with Crippen molar-refractivity contribution in [3.63, 3.8) is 0 Å². The molecule has 2 heterocycles. The van der Waals surface area contributed by atoms with Crippen LogP contribution >= 0.6 is 0 Å². The van der Waals surface area contributed by atoms with Crippen LogP contribution in [0.25, 0.3) is 5.65 Å². The minimum atomic E-state index is -0.137. The fourth-order valence-corrected chi connectivity index (χ4v) is 2.49. The van der Waals surface area contributed by atoms with E-state index in [2.05, 4.69) is 11.3 Å². The van der Waals surface area contributed by atoms with Crippen molar-refractivity contribution < 1.29 is 9.47 Å². The van der Waals surface area contributed by atoms with Gasteiger partial charge in [-0.05, 0) is 32.8 Å². The van der Waals surface area contributed by atoms with Crippen molar-refractivity contribution in [2.45, 2.75) is 32.3 Å². The van der Waals surface area contributed by atoms with Gasteiger partial charge >= 0.3 is 0 Å². The fourth-order valence-electron chi connectivity index (χ4n) is 2.49. The lowest BCUT2D eigenvalue weighted by Gasteiger charge is -2.10. The van der Waals surface area contributed by atoms with E-state index in [9.17, 15) is 0 Å². The van der Waals surface area contributed by atoms with Crippen LogP contribution in [0, 0.1) is 6.92 Å². The molecule has 1 aliphatic rings. The van der Waals surface area contributed by atoms with Crippen molar-refractivity contribution in [1.82, 2.24) is 9.38 Å². The molecule has 0 unspecified atom stereocenters. The quantitative estimate of drug-likeness (QED) is 0.832. The Kier molecular flexibility index (Phi) is 2.55. The third kappa shape index (κ3) is 1.60. The Morgan fingerprint density at radius 1 is 1.44 bits per heavy atom. The van der Waals surface area contributed by atoms with Crippen LogP contribution in [0.15, 0.2) is 18.3 Å². The number of fused-ring (bicyclic) bond motifs is 1. The molecule has 0 atom stereocenters. The smallest absolute Gasteiger partial charge is 0.141 e. The third-order valence-corrected chi connectivity index (χ3v) is 3.67. The Hall–Kier alpha value is -1.55. The number of rotatable bonds is 4. The van der Waals surface area contributed by atoms with E-state index in [4.69, 9.17) is 14.5 Å². The van der Waals surface area contributed by atoms with Crippen LogP contribution in [0.2, 0.25) is 0 Å². The SMILES string of the molecule is CCOc1ccn2c(C)c(C3(OC)CC3)nc2c1. The van der Waals surface area contributed by atoms with Crippen molar-refractivity contribution in [3.8, 4) is 5.75 Å². The van der Waals surface area contributed by atoms with E-state index in [-0.39, 0.29) is 5.60 Å². The van der Waals surface area contributed by atoms with E-state index in [1.54, 1.807) is 7.11 Å². The summed E-state index contributed by atoms with van der Waals surface area (Å²) in [6, 6.07) is 3.95. The topological polar surface area (TPSA) is 35.8 Å². The summed E-state index contributed by atoms with van der Waals surface area (Å²) < 4.78 is 13.2. The zero-order chi connectivity index (χ0) is 12.8. The number of hydrogen-bond donors (Lipinski definition) is 0. The first-order valence-electron chi connectivity index (χ1n) is 6.37. The van der Waals surface area contributed by atoms with E-state index < -0.39 is 0 Å². The number of aromatic nitrogens is 2. The Balaban J connectivity index is 2.10. The average molecular weight is 246 g/mol. The van der Waals surface area contributed by atoms with E-state index >= 15 is 0 Å². The number of imidazole rings is 1. The van der Waals surface area contributed by atoms with Crippen molar-refractivity contribution >= 4 is 5.65 Å². The van der Waals surface area contributed by atoms with Gasteiger partial charge in [-0.2, -0.15) is 0 Å². The summed E-state index contributed by atoms with van der Waals surface area (Å²) in [5, 5.41) is 0. The molecule has 96 valence electrons. The van der Waals surface area contributed by atoms with Gasteiger partial charge in [0.15, 0.2) is 0 Å². The maximum Gasteiger partial charge on any atom is 0.141 e. The predicted molar refractivity (Wildman–Crippen MR) is 69.0 cm³/mol. The van der Waals surface area contributed by atoms with Gasteiger partial charge < -0.3 is 13.9 Å². The second-order valence-corrected chi connectivity index (χ2v) is 4.77. The van der Waals surface area contributed by atoms with Crippen LogP contribution in [-0.2, 0) is 10.3 Å². The van der Waals surface area contributed by atoms with Gasteiger partial charge in [-0.1, -0.05) is 0 Å². The highest BCUT2D eigenvalue weighted by Gasteiger charge is 2.48. The maximum absolute atomic E-state index is 5.62. The van der Waals surface area contributed by atoms with Crippen LogP contribution in [0.4, 0.5) is 0 Å². The molecule has 0 bridgehead atoms. The van der Waals surface area contributed by atoms with Crippen LogP contribution in [0.5, 0.6) is 5.75 Å². The van der Waals surface area contributed by atoms with Gasteiger partial charge in [-0.3, -0.25) is 0 Å². The highest BCUT2D eigenvalue weighted by Crippen LogP contribution is 2.49. The van der Waals surface area contributed by atoms with Gasteiger partial charge in [-0.15, -0.1) is 0 Å². The van der Waals surface area contributed by atoms with Crippen molar-refractivity contribution in [2.75, 3.05) is 13.7 Å².